The second kappa shape index (κ2) is 5.15. The minimum absolute atomic E-state index is 0. The van der Waals surface area contributed by atoms with Gasteiger partial charge in [-0.05, 0) is 30.6 Å². The maximum absolute atomic E-state index is 12.3. The fraction of sp³-hybridized carbons (Fsp3) is 0.923. The van der Waals surface area contributed by atoms with Crippen molar-refractivity contribution in [3.8, 4) is 0 Å². The number of likely N-dealkylation sites (tertiary alicyclic amines) is 1. The molecule has 1 amide bonds. The van der Waals surface area contributed by atoms with Crippen molar-refractivity contribution in [2.45, 2.75) is 46.1 Å². The zero-order valence-electron chi connectivity index (χ0n) is 11.1. The van der Waals surface area contributed by atoms with Gasteiger partial charge in [-0.2, -0.15) is 0 Å². The molecule has 1 aliphatic carbocycles. The molecule has 2 atom stereocenters. The highest BCUT2D eigenvalue weighted by Crippen LogP contribution is 2.38. The summed E-state index contributed by atoms with van der Waals surface area (Å²) in [5.41, 5.74) is 6.15. The third kappa shape index (κ3) is 3.14. The maximum Gasteiger partial charge on any atom is 0.225 e. The summed E-state index contributed by atoms with van der Waals surface area (Å²) in [6, 6.07) is 0.229. The summed E-state index contributed by atoms with van der Waals surface area (Å²) in [4.78, 5) is 14.3. The van der Waals surface area contributed by atoms with E-state index in [0.29, 0.717) is 11.8 Å². The van der Waals surface area contributed by atoms with Crippen LogP contribution >= 0.6 is 12.4 Å². The van der Waals surface area contributed by atoms with Crippen LogP contribution in [0, 0.1) is 17.3 Å². The molecule has 2 rings (SSSR count). The molecule has 0 bridgehead atoms. The lowest BCUT2D eigenvalue weighted by molar-refractivity contribution is -0.139. The number of carbonyl (C=O) groups excluding carboxylic acids is 1. The molecule has 0 spiro atoms. The number of hydrogen-bond acceptors (Lipinski definition) is 2. The van der Waals surface area contributed by atoms with Crippen molar-refractivity contribution in [2.24, 2.45) is 23.0 Å². The summed E-state index contributed by atoms with van der Waals surface area (Å²) in [7, 11) is 0. The van der Waals surface area contributed by atoms with E-state index in [9.17, 15) is 4.79 Å². The van der Waals surface area contributed by atoms with Gasteiger partial charge in [-0.3, -0.25) is 4.79 Å². The van der Waals surface area contributed by atoms with E-state index in [0.717, 1.165) is 19.5 Å². The standard InChI is InChI=1S/C13H24N2O.ClH/c1-9(10-4-5-10)12(16)15-7-6-11(14)13(2,3)8-15;/h9-11H,4-8,14H2,1-3H3;1H. The van der Waals surface area contributed by atoms with Crippen LogP contribution in [-0.2, 0) is 4.79 Å². The number of halogens is 1. The molecule has 2 aliphatic rings. The van der Waals surface area contributed by atoms with Gasteiger partial charge in [0, 0.05) is 25.0 Å². The first-order valence-electron chi connectivity index (χ1n) is 6.46. The predicted molar refractivity (Wildman–Crippen MR) is 72.1 cm³/mol. The zero-order valence-corrected chi connectivity index (χ0v) is 11.9. The van der Waals surface area contributed by atoms with Crippen LogP contribution in [0.5, 0.6) is 0 Å². The number of amides is 1. The smallest absolute Gasteiger partial charge is 0.225 e. The number of rotatable bonds is 2. The Bertz CT molecular complexity index is 289. The third-order valence-corrected chi connectivity index (χ3v) is 4.34. The van der Waals surface area contributed by atoms with Crippen molar-refractivity contribution in [3.63, 3.8) is 0 Å². The minimum Gasteiger partial charge on any atom is -0.342 e. The van der Waals surface area contributed by atoms with Gasteiger partial charge in [0.1, 0.15) is 0 Å². The van der Waals surface area contributed by atoms with Gasteiger partial charge in [-0.1, -0.05) is 20.8 Å². The van der Waals surface area contributed by atoms with Gasteiger partial charge in [0.05, 0.1) is 0 Å². The average molecular weight is 261 g/mol. The largest absolute Gasteiger partial charge is 0.342 e. The van der Waals surface area contributed by atoms with Crippen LogP contribution < -0.4 is 5.73 Å². The molecule has 17 heavy (non-hydrogen) atoms. The Morgan fingerprint density at radius 1 is 1.35 bits per heavy atom. The first-order chi connectivity index (χ1) is 7.42. The van der Waals surface area contributed by atoms with E-state index in [1.54, 1.807) is 0 Å². The van der Waals surface area contributed by atoms with Crippen molar-refractivity contribution in [2.75, 3.05) is 13.1 Å². The normalized spacial score (nSPS) is 29.4. The SMILES string of the molecule is CC(C(=O)N1CCC(N)C(C)(C)C1)C1CC1.Cl. The summed E-state index contributed by atoms with van der Waals surface area (Å²) in [5.74, 6) is 1.24. The van der Waals surface area contributed by atoms with Crippen LogP contribution in [0.1, 0.15) is 40.0 Å². The summed E-state index contributed by atoms with van der Waals surface area (Å²) in [6.07, 6.45) is 3.42. The van der Waals surface area contributed by atoms with E-state index in [-0.39, 0.29) is 29.8 Å². The van der Waals surface area contributed by atoms with E-state index >= 15 is 0 Å². The Hall–Kier alpha value is -0.280. The van der Waals surface area contributed by atoms with Crippen LogP contribution in [0.3, 0.4) is 0 Å². The lowest BCUT2D eigenvalue weighted by Crippen LogP contribution is -2.55. The second-order valence-corrected chi connectivity index (χ2v) is 6.27. The highest BCUT2D eigenvalue weighted by molar-refractivity contribution is 5.85. The topological polar surface area (TPSA) is 46.3 Å². The summed E-state index contributed by atoms with van der Waals surface area (Å²) in [6.45, 7) is 8.09. The molecule has 1 heterocycles. The minimum atomic E-state index is 0. The summed E-state index contributed by atoms with van der Waals surface area (Å²) >= 11 is 0. The number of carbonyl (C=O) groups is 1. The Morgan fingerprint density at radius 2 is 1.94 bits per heavy atom. The van der Waals surface area contributed by atoms with Crippen LogP contribution in [0.2, 0.25) is 0 Å². The molecule has 1 aliphatic heterocycles. The summed E-state index contributed by atoms with van der Waals surface area (Å²) < 4.78 is 0. The fourth-order valence-corrected chi connectivity index (χ4v) is 2.65. The lowest BCUT2D eigenvalue weighted by Gasteiger charge is -2.43. The van der Waals surface area contributed by atoms with Gasteiger partial charge in [0.25, 0.3) is 0 Å². The molecule has 2 fully saturated rings. The molecule has 1 saturated heterocycles. The monoisotopic (exact) mass is 260 g/mol. The van der Waals surface area contributed by atoms with Crippen molar-refractivity contribution < 1.29 is 4.79 Å². The molecule has 2 N–H and O–H groups in total. The molecule has 0 aromatic heterocycles. The number of nitrogens with two attached hydrogens (primary N) is 1. The number of hydrogen-bond donors (Lipinski definition) is 1. The van der Waals surface area contributed by atoms with Gasteiger partial charge in [0.15, 0.2) is 0 Å². The molecule has 1 saturated carbocycles. The highest BCUT2D eigenvalue weighted by Gasteiger charge is 2.40. The molecule has 0 aromatic rings. The lowest BCUT2D eigenvalue weighted by atomic mass is 9.79. The van der Waals surface area contributed by atoms with Crippen LogP contribution in [-0.4, -0.2) is 29.9 Å². The molecule has 4 heteroatoms. The Labute approximate surface area is 111 Å². The Balaban J connectivity index is 0.00000144. The maximum atomic E-state index is 12.3. The quantitative estimate of drug-likeness (QED) is 0.826. The van der Waals surface area contributed by atoms with Gasteiger partial charge in [-0.15, -0.1) is 12.4 Å². The first kappa shape index (κ1) is 14.8. The summed E-state index contributed by atoms with van der Waals surface area (Å²) in [5, 5.41) is 0. The Morgan fingerprint density at radius 3 is 2.41 bits per heavy atom. The Kier molecular flexibility index (Phi) is 4.48. The van der Waals surface area contributed by atoms with E-state index in [1.165, 1.54) is 12.8 Å². The molecule has 0 radical (unpaired) electrons. The van der Waals surface area contributed by atoms with Gasteiger partial charge in [-0.25, -0.2) is 0 Å². The molecular weight excluding hydrogens is 236 g/mol. The molecule has 100 valence electrons. The van der Waals surface area contributed by atoms with Crippen LogP contribution in [0.15, 0.2) is 0 Å². The number of nitrogens with zero attached hydrogens (tertiary/aromatic N) is 1. The predicted octanol–water partition coefficient (Wildman–Crippen LogP) is 2.04. The zero-order chi connectivity index (χ0) is 11.9. The van der Waals surface area contributed by atoms with Crippen molar-refractivity contribution >= 4 is 18.3 Å². The highest BCUT2D eigenvalue weighted by atomic mass is 35.5. The average Bonchev–Trinajstić information content (AvgIpc) is 3.03. The molecule has 3 nitrogen and oxygen atoms in total. The molecular formula is C13H25ClN2O. The van der Waals surface area contributed by atoms with Gasteiger partial charge in [0.2, 0.25) is 5.91 Å². The van der Waals surface area contributed by atoms with E-state index in [4.69, 9.17) is 5.73 Å². The third-order valence-electron chi connectivity index (χ3n) is 4.34. The van der Waals surface area contributed by atoms with Crippen molar-refractivity contribution in [1.82, 2.24) is 4.90 Å². The molecule has 2 unspecified atom stereocenters. The van der Waals surface area contributed by atoms with Crippen LogP contribution in [0.4, 0.5) is 0 Å². The molecule has 0 aromatic carbocycles. The number of piperidine rings is 1. The second-order valence-electron chi connectivity index (χ2n) is 6.27. The first-order valence-corrected chi connectivity index (χ1v) is 6.46. The van der Waals surface area contributed by atoms with E-state index in [1.807, 2.05) is 4.90 Å². The van der Waals surface area contributed by atoms with Crippen molar-refractivity contribution in [3.05, 3.63) is 0 Å². The van der Waals surface area contributed by atoms with Crippen LogP contribution in [0.25, 0.3) is 0 Å². The fourth-order valence-electron chi connectivity index (χ4n) is 2.65. The van der Waals surface area contributed by atoms with Crippen molar-refractivity contribution in [1.29, 1.82) is 0 Å². The van der Waals surface area contributed by atoms with Gasteiger partial charge >= 0.3 is 0 Å². The van der Waals surface area contributed by atoms with E-state index in [2.05, 4.69) is 20.8 Å². The van der Waals surface area contributed by atoms with E-state index < -0.39 is 0 Å². The van der Waals surface area contributed by atoms with Gasteiger partial charge < -0.3 is 10.6 Å².